The van der Waals surface area contributed by atoms with Crippen LogP contribution >= 0.6 is 22.7 Å². The summed E-state index contributed by atoms with van der Waals surface area (Å²) in [6, 6.07) is 11.5. The monoisotopic (exact) mass is 427 g/mol. The van der Waals surface area contributed by atoms with Crippen molar-refractivity contribution in [1.82, 2.24) is 14.8 Å². The number of rotatable bonds is 5. The second-order valence-corrected chi connectivity index (χ2v) is 8.51. The molecule has 0 spiro atoms. The third kappa shape index (κ3) is 4.49. The Kier molecular flexibility index (Phi) is 5.92. The van der Waals surface area contributed by atoms with Crippen LogP contribution in [0.25, 0.3) is 10.6 Å². The van der Waals surface area contributed by atoms with Crippen LogP contribution < -0.4 is 4.74 Å². The van der Waals surface area contributed by atoms with Gasteiger partial charge in [-0.05, 0) is 35.7 Å². The molecule has 0 unspecified atom stereocenters. The molecule has 1 aliphatic heterocycles. The van der Waals surface area contributed by atoms with Gasteiger partial charge in [0.05, 0.1) is 24.1 Å². The molecule has 8 heteroatoms. The first-order valence-corrected chi connectivity index (χ1v) is 11.1. The van der Waals surface area contributed by atoms with Crippen LogP contribution in [0.4, 0.5) is 0 Å². The van der Waals surface area contributed by atoms with Crippen molar-refractivity contribution in [2.75, 3.05) is 33.3 Å². The van der Waals surface area contributed by atoms with Crippen LogP contribution in [0.15, 0.2) is 47.2 Å². The molecule has 1 saturated heterocycles. The van der Waals surface area contributed by atoms with Gasteiger partial charge in [-0.15, -0.1) is 22.7 Å². The highest BCUT2D eigenvalue weighted by Gasteiger charge is 2.25. The van der Waals surface area contributed by atoms with E-state index in [-0.39, 0.29) is 18.2 Å². The van der Waals surface area contributed by atoms with Crippen LogP contribution in [0, 0.1) is 0 Å². The van der Waals surface area contributed by atoms with E-state index < -0.39 is 0 Å². The maximum Gasteiger partial charge on any atom is 0.264 e. The lowest BCUT2D eigenvalue weighted by Gasteiger charge is -2.34. The molecule has 0 aliphatic carbocycles. The topological polar surface area (TPSA) is 62.7 Å². The summed E-state index contributed by atoms with van der Waals surface area (Å²) in [4.78, 5) is 34.1. The molecule has 3 aromatic rings. The summed E-state index contributed by atoms with van der Waals surface area (Å²) in [7, 11) is 1.64. The van der Waals surface area contributed by atoms with Gasteiger partial charge in [0.2, 0.25) is 5.91 Å². The number of aromatic nitrogens is 1. The Labute approximate surface area is 177 Å². The van der Waals surface area contributed by atoms with Gasteiger partial charge < -0.3 is 14.5 Å². The van der Waals surface area contributed by atoms with E-state index in [1.807, 2.05) is 57.0 Å². The average molecular weight is 428 g/mol. The number of nitrogens with zero attached hydrogens (tertiary/aromatic N) is 3. The second kappa shape index (κ2) is 8.75. The SMILES string of the molecule is COc1ccc(-c2nc(CC(=O)N3CCN(C(=O)c4cccs4)CC3)cs2)cc1. The number of thiophene rings is 1. The van der Waals surface area contributed by atoms with E-state index in [0.717, 1.165) is 26.9 Å². The van der Waals surface area contributed by atoms with Crippen molar-refractivity contribution < 1.29 is 14.3 Å². The van der Waals surface area contributed by atoms with Crippen molar-refractivity contribution in [3.05, 3.63) is 57.7 Å². The molecule has 0 atom stereocenters. The van der Waals surface area contributed by atoms with Gasteiger partial charge in [0.15, 0.2) is 0 Å². The Morgan fingerprint density at radius 2 is 1.76 bits per heavy atom. The van der Waals surface area contributed by atoms with Crippen LogP contribution in [0.1, 0.15) is 15.4 Å². The molecular formula is C21H21N3O3S2. The number of thiazole rings is 1. The zero-order valence-electron chi connectivity index (χ0n) is 16.0. The predicted octanol–water partition coefficient (Wildman–Crippen LogP) is 3.41. The number of carbonyl (C=O) groups excluding carboxylic acids is 2. The molecule has 0 radical (unpaired) electrons. The van der Waals surface area contributed by atoms with Crippen molar-refractivity contribution >= 4 is 34.5 Å². The molecule has 0 saturated carbocycles. The standard InChI is InChI=1S/C21H21N3O3S2/c1-27-17-6-4-15(5-7-17)20-22-16(14-29-20)13-19(25)23-8-10-24(11-9-23)21(26)18-3-2-12-28-18/h2-7,12,14H,8-11,13H2,1H3. The van der Waals surface area contributed by atoms with Crippen molar-refractivity contribution in [3.63, 3.8) is 0 Å². The summed E-state index contributed by atoms with van der Waals surface area (Å²) in [5.41, 5.74) is 1.79. The van der Waals surface area contributed by atoms with Crippen LogP contribution in [-0.2, 0) is 11.2 Å². The fourth-order valence-electron chi connectivity index (χ4n) is 3.24. The third-order valence-corrected chi connectivity index (χ3v) is 6.67. The van der Waals surface area contributed by atoms with Crippen LogP contribution in [0.5, 0.6) is 5.75 Å². The van der Waals surface area contributed by atoms with Gasteiger partial charge in [-0.25, -0.2) is 4.98 Å². The number of hydrogen-bond donors (Lipinski definition) is 0. The molecule has 0 N–H and O–H groups in total. The zero-order chi connectivity index (χ0) is 20.2. The number of ether oxygens (including phenoxy) is 1. The van der Waals surface area contributed by atoms with E-state index >= 15 is 0 Å². The smallest absolute Gasteiger partial charge is 0.264 e. The van der Waals surface area contributed by atoms with E-state index in [9.17, 15) is 9.59 Å². The number of piperazine rings is 1. The Morgan fingerprint density at radius 3 is 2.41 bits per heavy atom. The van der Waals surface area contributed by atoms with E-state index in [2.05, 4.69) is 4.98 Å². The van der Waals surface area contributed by atoms with Gasteiger partial charge >= 0.3 is 0 Å². The van der Waals surface area contributed by atoms with Gasteiger partial charge in [-0.1, -0.05) is 6.07 Å². The van der Waals surface area contributed by atoms with Crippen molar-refractivity contribution in [1.29, 1.82) is 0 Å². The van der Waals surface area contributed by atoms with Crippen LogP contribution in [0.2, 0.25) is 0 Å². The summed E-state index contributed by atoms with van der Waals surface area (Å²) >= 11 is 2.98. The lowest BCUT2D eigenvalue weighted by molar-refractivity contribution is -0.132. The highest BCUT2D eigenvalue weighted by atomic mass is 32.1. The maximum atomic E-state index is 12.7. The average Bonchev–Trinajstić information content (AvgIpc) is 3.46. The largest absolute Gasteiger partial charge is 0.497 e. The summed E-state index contributed by atoms with van der Waals surface area (Å²) in [5, 5.41) is 4.73. The quantitative estimate of drug-likeness (QED) is 0.626. The van der Waals surface area contributed by atoms with E-state index in [1.165, 1.54) is 22.7 Å². The normalized spacial score (nSPS) is 14.1. The van der Waals surface area contributed by atoms with Gasteiger partial charge in [0, 0.05) is 37.1 Å². The van der Waals surface area contributed by atoms with E-state index in [0.29, 0.717) is 26.2 Å². The fourth-order valence-corrected chi connectivity index (χ4v) is 4.75. The highest BCUT2D eigenvalue weighted by Crippen LogP contribution is 2.26. The molecule has 2 aromatic heterocycles. The van der Waals surface area contributed by atoms with Gasteiger partial charge in [-0.3, -0.25) is 9.59 Å². The molecule has 1 aromatic carbocycles. The van der Waals surface area contributed by atoms with Gasteiger partial charge in [0.1, 0.15) is 10.8 Å². The third-order valence-electron chi connectivity index (χ3n) is 4.87. The summed E-state index contributed by atoms with van der Waals surface area (Å²) in [6.07, 6.45) is 0.283. The lowest BCUT2D eigenvalue weighted by Crippen LogP contribution is -2.50. The molecule has 150 valence electrons. The molecule has 29 heavy (non-hydrogen) atoms. The minimum absolute atomic E-state index is 0.0516. The Balaban J connectivity index is 1.32. The minimum Gasteiger partial charge on any atom is -0.497 e. The first-order chi connectivity index (χ1) is 14.1. The van der Waals surface area contributed by atoms with Crippen LogP contribution in [-0.4, -0.2) is 59.9 Å². The van der Waals surface area contributed by atoms with E-state index in [4.69, 9.17) is 4.74 Å². The van der Waals surface area contributed by atoms with Gasteiger partial charge in [-0.2, -0.15) is 0 Å². The molecule has 3 heterocycles. The first kappa shape index (κ1) is 19.6. The Hall–Kier alpha value is -2.71. The molecule has 2 amide bonds. The van der Waals surface area contributed by atoms with Crippen molar-refractivity contribution in [2.45, 2.75) is 6.42 Å². The zero-order valence-corrected chi connectivity index (χ0v) is 17.7. The van der Waals surface area contributed by atoms with Gasteiger partial charge in [0.25, 0.3) is 5.91 Å². The molecule has 6 nitrogen and oxygen atoms in total. The summed E-state index contributed by atoms with van der Waals surface area (Å²) < 4.78 is 5.18. The highest BCUT2D eigenvalue weighted by molar-refractivity contribution is 7.13. The number of benzene rings is 1. The molecule has 1 fully saturated rings. The first-order valence-electron chi connectivity index (χ1n) is 9.33. The lowest BCUT2D eigenvalue weighted by atomic mass is 10.2. The molecule has 0 bridgehead atoms. The Bertz CT molecular complexity index is 975. The molecule has 1 aliphatic rings. The summed E-state index contributed by atoms with van der Waals surface area (Å²) in [6.45, 7) is 2.25. The van der Waals surface area contributed by atoms with E-state index in [1.54, 1.807) is 7.11 Å². The van der Waals surface area contributed by atoms with Crippen LogP contribution in [0.3, 0.4) is 0 Å². The summed E-state index contributed by atoms with van der Waals surface area (Å²) in [5.74, 6) is 0.910. The Morgan fingerprint density at radius 1 is 1.03 bits per heavy atom. The minimum atomic E-state index is 0.0516. The van der Waals surface area contributed by atoms with Crippen molar-refractivity contribution in [2.24, 2.45) is 0 Å². The maximum absolute atomic E-state index is 12.7. The van der Waals surface area contributed by atoms with Crippen molar-refractivity contribution in [3.8, 4) is 16.3 Å². The number of amides is 2. The number of hydrogen-bond acceptors (Lipinski definition) is 6. The number of methoxy groups -OCH3 is 1. The predicted molar refractivity (Wildman–Crippen MR) is 115 cm³/mol. The molecule has 4 rings (SSSR count). The molecular weight excluding hydrogens is 406 g/mol. The fraction of sp³-hybridized carbons (Fsp3) is 0.286. The second-order valence-electron chi connectivity index (χ2n) is 6.70. The number of carbonyl (C=O) groups is 2.